The molecular formula is C22H30O2. The van der Waals surface area contributed by atoms with Crippen LogP contribution in [0.2, 0.25) is 0 Å². The summed E-state index contributed by atoms with van der Waals surface area (Å²) in [5, 5.41) is 9.64. The van der Waals surface area contributed by atoms with E-state index in [9.17, 15) is 5.11 Å². The van der Waals surface area contributed by atoms with Gasteiger partial charge >= 0.3 is 0 Å². The predicted octanol–water partition coefficient (Wildman–Crippen LogP) is 5.78. The molecule has 2 heteroatoms. The first kappa shape index (κ1) is 18.5. The molecule has 130 valence electrons. The van der Waals surface area contributed by atoms with Gasteiger partial charge in [-0.1, -0.05) is 71.0 Å². The summed E-state index contributed by atoms with van der Waals surface area (Å²) in [7, 11) is 0. The molecule has 2 aromatic carbocycles. The molecule has 0 amide bonds. The third-order valence-corrected chi connectivity index (χ3v) is 4.12. The summed E-state index contributed by atoms with van der Waals surface area (Å²) in [6.45, 7) is 13.0. The van der Waals surface area contributed by atoms with E-state index in [1.807, 2.05) is 24.3 Å². The molecule has 0 saturated carbocycles. The monoisotopic (exact) mass is 326 g/mol. The molecule has 24 heavy (non-hydrogen) atoms. The number of aliphatic hydroxyl groups is 1. The number of hydrogen-bond donors (Lipinski definition) is 1. The van der Waals surface area contributed by atoms with Crippen molar-refractivity contribution in [3.05, 3.63) is 54.1 Å². The summed E-state index contributed by atoms with van der Waals surface area (Å²) in [5.74, 6) is 0.714. The first-order valence-corrected chi connectivity index (χ1v) is 8.63. The standard InChI is InChI=1S/C22H30O2/c1-16(23)24-20-13-12-18(22(5,6)15-21(2,3)4)14-19(20)17-10-8-7-9-11-17/h7-14,16,23H,15H2,1-6H3. The van der Waals surface area contributed by atoms with Crippen molar-refractivity contribution in [1.29, 1.82) is 0 Å². The van der Waals surface area contributed by atoms with E-state index in [0.29, 0.717) is 5.75 Å². The highest BCUT2D eigenvalue weighted by atomic mass is 16.6. The highest BCUT2D eigenvalue weighted by Crippen LogP contribution is 2.40. The predicted molar refractivity (Wildman–Crippen MR) is 101 cm³/mol. The molecule has 1 atom stereocenters. The van der Waals surface area contributed by atoms with E-state index in [1.54, 1.807) is 6.92 Å². The summed E-state index contributed by atoms with van der Waals surface area (Å²) < 4.78 is 5.62. The van der Waals surface area contributed by atoms with Gasteiger partial charge in [0.05, 0.1) is 0 Å². The Balaban J connectivity index is 2.50. The van der Waals surface area contributed by atoms with Crippen LogP contribution >= 0.6 is 0 Å². The summed E-state index contributed by atoms with van der Waals surface area (Å²) >= 11 is 0. The maximum Gasteiger partial charge on any atom is 0.194 e. The highest BCUT2D eigenvalue weighted by molar-refractivity contribution is 5.71. The van der Waals surface area contributed by atoms with E-state index >= 15 is 0 Å². The van der Waals surface area contributed by atoms with Gasteiger partial charge in [0.1, 0.15) is 5.75 Å². The van der Waals surface area contributed by atoms with Gasteiger partial charge in [-0.3, -0.25) is 0 Å². The Bertz CT molecular complexity index is 664. The topological polar surface area (TPSA) is 29.5 Å². The van der Waals surface area contributed by atoms with Gasteiger partial charge in [0.15, 0.2) is 6.29 Å². The first-order chi connectivity index (χ1) is 11.1. The molecule has 0 aliphatic carbocycles. The van der Waals surface area contributed by atoms with Crippen LogP contribution in [0.1, 0.15) is 53.5 Å². The van der Waals surface area contributed by atoms with E-state index < -0.39 is 6.29 Å². The summed E-state index contributed by atoms with van der Waals surface area (Å²) in [5.41, 5.74) is 3.72. The van der Waals surface area contributed by atoms with Crippen molar-refractivity contribution in [2.24, 2.45) is 5.41 Å². The fraction of sp³-hybridized carbons (Fsp3) is 0.455. The van der Waals surface area contributed by atoms with Crippen LogP contribution in [0.4, 0.5) is 0 Å². The summed E-state index contributed by atoms with van der Waals surface area (Å²) in [6, 6.07) is 16.5. The van der Waals surface area contributed by atoms with Gasteiger partial charge in [-0.15, -0.1) is 0 Å². The fourth-order valence-electron chi connectivity index (χ4n) is 3.51. The minimum atomic E-state index is -0.833. The van der Waals surface area contributed by atoms with Gasteiger partial charge in [0.25, 0.3) is 0 Å². The van der Waals surface area contributed by atoms with E-state index in [-0.39, 0.29) is 10.8 Å². The van der Waals surface area contributed by atoms with Gasteiger partial charge < -0.3 is 9.84 Å². The first-order valence-electron chi connectivity index (χ1n) is 8.63. The van der Waals surface area contributed by atoms with Gasteiger partial charge in [-0.25, -0.2) is 0 Å². The lowest BCUT2D eigenvalue weighted by atomic mass is 9.72. The molecule has 0 radical (unpaired) electrons. The van der Waals surface area contributed by atoms with Crippen molar-refractivity contribution in [3.63, 3.8) is 0 Å². The number of ether oxygens (including phenoxy) is 1. The number of rotatable bonds is 5. The number of benzene rings is 2. The quantitative estimate of drug-likeness (QED) is 0.705. The van der Waals surface area contributed by atoms with Gasteiger partial charge in [0.2, 0.25) is 0 Å². The molecule has 2 nitrogen and oxygen atoms in total. The van der Waals surface area contributed by atoms with Crippen LogP contribution in [0.25, 0.3) is 11.1 Å². The SMILES string of the molecule is CC(O)Oc1ccc(C(C)(C)CC(C)(C)C)cc1-c1ccccc1. The molecule has 0 saturated heterocycles. The molecule has 1 unspecified atom stereocenters. The second-order valence-corrected chi connectivity index (χ2v) is 8.42. The van der Waals surface area contributed by atoms with Gasteiger partial charge in [-0.05, 0) is 47.4 Å². The van der Waals surface area contributed by atoms with E-state index in [2.05, 4.69) is 58.9 Å². The molecule has 0 fully saturated rings. The second kappa shape index (κ2) is 6.98. The molecule has 0 aliphatic rings. The lowest BCUT2D eigenvalue weighted by molar-refractivity contribution is 0.000122. The number of hydrogen-bond acceptors (Lipinski definition) is 2. The Labute approximate surface area is 146 Å². The van der Waals surface area contributed by atoms with Crippen molar-refractivity contribution in [1.82, 2.24) is 0 Å². The Morgan fingerprint density at radius 2 is 1.58 bits per heavy atom. The van der Waals surface area contributed by atoms with E-state index in [0.717, 1.165) is 17.5 Å². The Kier molecular flexibility index (Phi) is 5.39. The van der Waals surface area contributed by atoms with Crippen molar-refractivity contribution < 1.29 is 9.84 Å². The fourth-order valence-corrected chi connectivity index (χ4v) is 3.51. The third-order valence-electron chi connectivity index (χ3n) is 4.12. The van der Waals surface area contributed by atoms with Crippen molar-refractivity contribution in [2.45, 2.75) is 59.7 Å². The van der Waals surface area contributed by atoms with Crippen LogP contribution in [0.3, 0.4) is 0 Å². The van der Waals surface area contributed by atoms with Gasteiger partial charge in [0, 0.05) is 5.56 Å². The zero-order valence-corrected chi connectivity index (χ0v) is 15.8. The molecule has 0 heterocycles. The minimum Gasteiger partial charge on any atom is -0.465 e. The molecule has 2 rings (SSSR count). The van der Waals surface area contributed by atoms with Crippen LogP contribution in [0.15, 0.2) is 48.5 Å². The molecule has 0 bridgehead atoms. The van der Waals surface area contributed by atoms with Crippen LogP contribution in [0.5, 0.6) is 5.75 Å². The Morgan fingerprint density at radius 1 is 0.958 bits per heavy atom. The average Bonchev–Trinajstić information content (AvgIpc) is 2.45. The zero-order chi connectivity index (χ0) is 18.0. The van der Waals surface area contributed by atoms with Crippen molar-refractivity contribution >= 4 is 0 Å². The Morgan fingerprint density at radius 3 is 2.12 bits per heavy atom. The molecule has 2 aromatic rings. The maximum atomic E-state index is 9.64. The van der Waals surface area contributed by atoms with E-state index in [4.69, 9.17) is 4.74 Å². The largest absolute Gasteiger partial charge is 0.465 e. The maximum absolute atomic E-state index is 9.64. The normalized spacial score (nSPS) is 13.6. The van der Waals surface area contributed by atoms with Crippen molar-refractivity contribution in [2.75, 3.05) is 0 Å². The number of aliphatic hydroxyl groups excluding tert-OH is 1. The zero-order valence-electron chi connectivity index (χ0n) is 15.8. The molecule has 0 spiro atoms. The van der Waals surface area contributed by atoms with Crippen LogP contribution in [0, 0.1) is 5.41 Å². The lowest BCUT2D eigenvalue weighted by Gasteiger charge is -2.33. The lowest BCUT2D eigenvalue weighted by Crippen LogP contribution is -2.25. The average molecular weight is 326 g/mol. The van der Waals surface area contributed by atoms with Gasteiger partial charge in [-0.2, -0.15) is 0 Å². The second-order valence-electron chi connectivity index (χ2n) is 8.42. The smallest absolute Gasteiger partial charge is 0.194 e. The highest BCUT2D eigenvalue weighted by Gasteiger charge is 2.28. The van der Waals surface area contributed by atoms with Crippen LogP contribution < -0.4 is 4.74 Å². The van der Waals surface area contributed by atoms with Crippen LogP contribution in [-0.4, -0.2) is 11.4 Å². The summed E-state index contributed by atoms with van der Waals surface area (Å²) in [6.07, 6.45) is 0.256. The van der Waals surface area contributed by atoms with Crippen LogP contribution in [-0.2, 0) is 5.41 Å². The van der Waals surface area contributed by atoms with E-state index in [1.165, 1.54) is 5.56 Å². The molecule has 1 N–H and O–H groups in total. The minimum absolute atomic E-state index is 0.0607. The molecule has 0 aromatic heterocycles. The van der Waals surface area contributed by atoms with Crippen molar-refractivity contribution in [3.8, 4) is 16.9 Å². The molecular weight excluding hydrogens is 296 g/mol. The third kappa shape index (κ3) is 4.85. The molecule has 0 aliphatic heterocycles. The summed E-state index contributed by atoms with van der Waals surface area (Å²) in [4.78, 5) is 0. The Hall–Kier alpha value is -1.80.